The van der Waals surface area contributed by atoms with E-state index in [1.807, 2.05) is 10.3 Å². The van der Waals surface area contributed by atoms with Crippen LogP contribution >= 0.6 is 27.5 Å². The highest BCUT2D eigenvalue weighted by Crippen LogP contribution is 2.24. The maximum absolute atomic E-state index is 11.8. The molecule has 9 heteroatoms. The summed E-state index contributed by atoms with van der Waals surface area (Å²) >= 11 is 8.95. The second kappa shape index (κ2) is 6.37. The number of ether oxygens (including phenoxy) is 1. The summed E-state index contributed by atoms with van der Waals surface area (Å²) in [7, 11) is -3.94. The number of nitrogens with one attached hydrogen (secondary N) is 2. The zero-order chi connectivity index (χ0) is 13.8. The summed E-state index contributed by atoms with van der Waals surface area (Å²) in [4.78, 5) is 12.7. The molecular formula is C9H10BrClN2O4S. The first-order chi connectivity index (χ1) is 8.36. The molecule has 2 N–H and O–H groups in total. The molecule has 0 atom stereocenters. The zero-order valence-electron chi connectivity index (χ0n) is 9.24. The predicted molar refractivity (Wildman–Crippen MR) is 69.6 cm³/mol. The van der Waals surface area contributed by atoms with Gasteiger partial charge < -0.3 is 4.74 Å². The van der Waals surface area contributed by atoms with E-state index in [0.717, 1.165) is 0 Å². The van der Waals surface area contributed by atoms with E-state index >= 15 is 0 Å². The molecular weight excluding hydrogens is 348 g/mol. The van der Waals surface area contributed by atoms with Crippen molar-refractivity contribution in [2.75, 3.05) is 6.61 Å². The SMILES string of the molecule is CCOC(=O)NNS(=O)(=O)c1ccc(Br)cc1Cl. The van der Waals surface area contributed by atoms with E-state index in [2.05, 4.69) is 20.7 Å². The normalized spacial score (nSPS) is 11.1. The molecule has 0 unspecified atom stereocenters. The number of sulfonamides is 1. The quantitative estimate of drug-likeness (QED) is 0.808. The van der Waals surface area contributed by atoms with Crippen LogP contribution in [0.4, 0.5) is 4.79 Å². The van der Waals surface area contributed by atoms with Gasteiger partial charge in [-0.15, -0.1) is 4.83 Å². The minimum atomic E-state index is -3.94. The van der Waals surface area contributed by atoms with Crippen LogP contribution in [-0.2, 0) is 14.8 Å². The molecule has 0 heterocycles. The fourth-order valence-electron chi connectivity index (χ4n) is 1.02. The highest BCUT2D eigenvalue weighted by Gasteiger charge is 2.18. The van der Waals surface area contributed by atoms with Crippen LogP contribution in [0.2, 0.25) is 5.02 Å². The number of amides is 1. The monoisotopic (exact) mass is 356 g/mol. The minimum absolute atomic E-state index is 0.0301. The van der Waals surface area contributed by atoms with Crippen molar-refractivity contribution in [3.8, 4) is 0 Å². The van der Waals surface area contributed by atoms with Crippen molar-refractivity contribution < 1.29 is 17.9 Å². The standard InChI is InChI=1S/C9H10BrClN2O4S/c1-2-17-9(14)12-13-18(15,16)8-4-3-6(10)5-7(8)11/h3-5,13H,2H2,1H3,(H,12,14). The Hall–Kier alpha value is -0.830. The third-order valence-electron chi connectivity index (χ3n) is 1.75. The van der Waals surface area contributed by atoms with Crippen molar-refractivity contribution in [1.82, 2.24) is 10.3 Å². The number of carbonyl (C=O) groups excluding carboxylic acids is 1. The van der Waals surface area contributed by atoms with Crippen molar-refractivity contribution >= 4 is 43.6 Å². The Balaban J connectivity index is 2.83. The first-order valence-electron chi connectivity index (χ1n) is 4.76. The van der Waals surface area contributed by atoms with Gasteiger partial charge in [-0.1, -0.05) is 27.5 Å². The molecule has 0 fully saturated rings. The second-order valence-corrected chi connectivity index (χ2v) is 6.00. The maximum atomic E-state index is 11.8. The molecule has 1 aromatic carbocycles. The fraction of sp³-hybridized carbons (Fsp3) is 0.222. The molecule has 0 spiro atoms. The number of halogens is 2. The third-order valence-corrected chi connectivity index (χ3v) is 3.97. The maximum Gasteiger partial charge on any atom is 0.422 e. The number of hydrogen-bond acceptors (Lipinski definition) is 4. The Bertz CT molecular complexity index is 549. The average molecular weight is 358 g/mol. The Labute approximate surface area is 118 Å². The Morgan fingerprint density at radius 2 is 2.17 bits per heavy atom. The predicted octanol–water partition coefficient (Wildman–Crippen LogP) is 2.04. The van der Waals surface area contributed by atoms with Crippen molar-refractivity contribution in [3.05, 3.63) is 27.7 Å². The Morgan fingerprint density at radius 1 is 1.50 bits per heavy atom. The molecule has 0 aromatic heterocycles. The summed E-state index contributed by atoms with van der Waals surface area (Å²) in [5, 5.41) is 0.0301. The van der Waals surface area contributed by atoms with Gasteiger partial charge in [0.15, 0.2) is 0 Å². The van der Waals surface area contributed by atoms with Gasteiger partial charge in [-0.25, -0.2) is 18.6 Å². The minimum Gasteiger partial charge on any atom is -0.449 e. The van der Waals surface area contributed by atoms with Gasteiger partial charge in [-0.05, 0) is 25.1 Å². The lowest BCUT2D eigenvalue weighted by Gasteiger charge is -2.09. The highest BCUT2D eigenvalue weighted by atomic mass is 79.9. The van der Waals surface area contributed by atoms with Crippen LogP contribution in [-0.4, -0.2) is 21.1 Å². The van der Waals surface area contributed by atoms with E-state index in [9.17, 15) is 13.2 Å². The van der Waals surface area contributed by atoms with E-state index < -0.39 is 16.1 Å². The molecule has 0 bridgehead atoms. The summed E-state index contributed by atoms with van der Waals surface area (Å²) in [6.07, 6.45) is -0.894. The van der Waals surface area contributed by atoms with Crippen LogP contribution in [0.25, 0.3) is 0 Å². The number of rotatable bonds is 4. The molecule has 0 aliphatic heterocycles. The van der Waals surface area contributed by atoms with Gasteiger partial charge in [0.05, 0.1) is 11.6 Å². The molecule has 1 aromatic rings. The van der Waals surface area contributed by atoms with E-state index in [-0.39, 0.29) is 16.5 Å². The summed E-state index contributed by atoms with van der Waals surface area (Å²) in [5.74, 6) is 0. The van der Waals surface area contributed by atoms with E-state index in [1.165, 1.54) is 18.2 Å². The van der Waals surface area contributed by atoms with Crippen molar-refractivity contribution in [2.24, 2.45) is 0 Å². The van der Waals surface area contributed by atoms with Gasteiger partial charge in [0.1, 0.15) is 4.90 Å². The van der Waals surface area contributed by atoms with Crippen molar-refractivity contribution in [2.45, 2.75) is 11.8 Å². The van der Waals surface area contributed by atoms with Crippen LogP contribution < -0.4 is 10.3 Å². The lowest BCUT2D eigenvalue weighted by Crippen LogP contribution is -2.41. The Morgan fingerprint density at radius 3 is 2.72 bits per heavy atom. The lowest BCUT2D eigenvalue weighted by molar-refractivity contribution is 0.150. The van der Waals surface area contributed by atoms with Gasteiger partial charge in [0.2, 0.25) is 0 Å². The topological polar surface area (TPSA) is 84.5 Å². The highest BCUT2D eigenvalue weighted by molar-refractivity contribution is 9.10. The smallest absolute Gasteiger partial charge is 0.422 e. The third kappa shape index (κ3) is 4.13. The molecule has 6 nitrogen and oxygen atoms in total. The molecule has 18 heavy (non-hydrogen) atoms. The molecule has 0 radical (unpaired) electrons. The van der Waals surface area contributed by atoms with E-state index in [0.29, 0.717) is 4.47 Å². The van der Waals surface area contributed by atoms with Gasteiger partial charge in [-0.3, -0.25) is 0 Å². The molecule has 0 aliphatic rings. The molecule has 0 aliphatic carbocycles. The number of carbonyl (C=O) groups is 1. The molecule has 100 valence electrons. The van der Waals surface area contributed by atoms with Crippen LogP contribution in [0, 0.1) is 0 Å². The Kier molecular flexibility index (Phi) is 5.39. The van der Waals surface area contributed by atoms with Crippen LogP contribution in [0.5, 0.6) is 0 Å². The van der Waals surface area contributed by atoms with Gasteiger partial charge in [0, 0.05) is 4.47 Å². The summed E-state index contributed by atoms with van der Waals surface area (Å²) in [6, 6.07) is 4.26. The molecule has 1 rings (SSSR count). The summed E-state index contributed by atoms with van der Waals surface area (Å²) in [5.41, 5.74) is 1.89. The fourth-order valence-corrected chi connectivity index (χ4v) is 2.89. The van der Waals surface area contributed by atoms with Gasteiger partial charge in [0.25, 0.3) is 10.0 Å². The van der Waals surface area contributed by atoms with Crippen LogP contribution in [0.1, 0.15) is 6.92 Å². The van der Waals surface area contributed by atoms with E-state index in [4.69, 9.17) is 11.6 Å². The zero-order valence-corrected chi connectivity index (χ0v) is 12.4. The number of benzene rings is 1. The van der Waals surface area contributed by atoms with Gasteiger partial charge in [-0.2, -0.15) is 0 Å². The molecule has 0 saturated heterocycles. The first-order valence-corrected chi connectivity index (χ1v) is 7.42. The number of hydrogen-bond donors (Lipinski definition) is 2. The van der Waals surface area contributed by atoms with Crippen molar-refractivity contribution in [3.63, 3.8) is 0 Å². The van der Waals surface area contributed by atoms with Crippen LogP contribution in [0.15, 0.2) is 27.6 Å². The average Bonchev–Trinajstić information content (AvgIpc) is 2.26. The summed E-state index contributed by atoms with van der Waals surface area (Å²) < 4.78 is 28.7. The van der Waals surface area contributed by atoms with E-state index in [1.54, 1.807) is 6.92 Å². The molecule has 1 amide bonds. The largest absolute Gasteiger partial charge is 0.449 e. The summed E-state index contributed by atoms with van der Waals surface area (Å²) in [6.45, 7) is 1.73. The second-order valence-electron chi connectivity index (χ2n) is 3.03. The van der Waals surface area contributed by atoms with Crippen molar-refractivity contribution in [1.29, 1.82) is 0 Å². The first kappa shape index (κ1) is 15.2. The molecule has 0 saturated carbocycles. The lowest BCUT2D eigenvalue weighted by atomic mass is 10.4. The number of hydrazine groups is 1. The van der Waals surface area contributed by atoms with Gasteiger partial charge >= 0.3 is 6.09 Å². The van der Waals surface area contributed by atoms with Crippen LogP contribution in [0.3, 0.4) is 0 Å².